The first-order valence-electron chi connectivity index (χ1n) is 6.23. The number of nitrogens with zero attached hydrogens (tertiary/aromatic N) is 4. The number of Topliss-reactive ketones (excluding diaryl/α,β-unsaturated/α-hetero) is 1. The third-order valence-electron chi connectivity index (χ3n) is 2.99. The van der Waals surface area contributed by atoms with E-state index in [1.807, 2.05) is 31.4 Å². The van der Waals surface area contributed by atoms with Gasteiger partial charge >= 0.3 is 5.69 Å². The normalized spacial score (nSPS) is 11.0. The topological polar surface area (TPSA) is 69.8 Å². The van der Waals surface area contributed by atoms with Crippen LogP contribution in [0.15, 0.2) is 28.4 Å². The summed E-state index contributed by atoms with van der Waals surface area (Å²) in [5.41, 5.74) is 0.241. The number of tetrazole rings is 1. The van der Waals surface area contributed by atoms with E-state index in [-0.39, 0.29) is 12.3 Å². The lowest BCUT2D eigenvalue weighted by Gasteiger charge is -1.98. The van der Waals surface area contributed by atoms with Crippen molar-refractivity contribution in [1.29, 1.82) is 0 Å². The predicted octanol–water partition coefficient (Wildman–Crippen LogP) is 2.05. The summed E-state index contributed by atoms with van der Waals surface area (Å²) in [4.78, 5) is 26.5. The second-order valence-corrected chi connectivity index (χ2v) is 6.92. The van der Waals surface area contributed by atoms with Crippen LogP contribution in [0.25, 0.3) is 5.00 Å². The molecule has 8 heteroatoms. The maximum atomic E-state index is 12.3. The number of hydrogen-bond acceptors (Lipinski definition) is 6. The quantitative estimate of drug-likeness (QED) is 0.690. The number of thiophene rings is 2. The van der Waals surface area contributed by atoms with Gasteiger partial charge in [0.1, 0.15) is 11.5 Å². The highest BCUT2D eigenvalue weighted by Crippen LogP contribution is 2.21. The smallest absolute Gasteiger partial charge is 0.292 e. The number of carbonyl (C=O) groups is 1. The van der Waals surface area contributed by atoms with Crippen LogP contribution in [0.2, 0.25) is 0 Å². The van der Waals surface area contributed by atoms with E-state index in [9.17, 15) is 9.59 Å². The zero-order valence-corrected chi connectivity index (χ0v) is 13.1. The molecule has 0 spiro atoms. The van der Waals surface area contributed by atoms with Crippen molar-refractivity contribution in [2.45, 2.75) is 20.4 Å². The summed E-state index contributed by atoms with van der Waals surface area (Å²) in [7, 11) is 0. The minimum atomic E-state index is -0.407. The predicted molar refractivity (Wildman–Crippen MR) is 81.6 cm³/mol. The molecule has 21 heavy (non-hydrogen) atoms. The molecular weight excluding hydrogens is 308 g/mol. The molecule has 0 saturated heterocycles. The molecule has 0 radical (unpaired) electrons. The minimum Gasteiger partial charge on any atom is -0.292 e. The molecule has 0 unspecified atom stereocenters. The molecule has 0 amide bonds. The van der Waals surface area contributed by atoms with Gasteiger partial charge in [-0.15, -0.1) is 22.7 Å². The highest BCUT2D eigenvalue weighted by Gasteiger charge is 2.16. The van der Waals surface area contributed by atoms with Gasteiger partial charge < -0.3 is 0 Å². The Kier molecular flexibility index (Phi) is 3.56. The van der Waals surface area contributed by atoms with E-state index in [1.165, 1.54) is 16.0 Å². The molecule has 0 atom stereocenters. The third kappa shape index (κ3) is 2.59. The van der Waals surface area contributed by atoms with Crippen LogP contribution in [0.1, 0.15) is 20.1 Å². The molecule has 0 fully saturated rings. The lowest BCUT2D eigenvalue weighted by Crippen LogP contribution is -2.27. The summed E-state index contributed by atoms with van der Waals surface area (Å²) >= 11 is 2.96. The van der Waals surface area contributed by atoms with Crippen LogP contribution >= 0.6 is 22.7 Å². The van der Waals surface area contributed by atoms with Crippen molar-refractivity contribution in [3.63, 3.8) is 0 Å². The van der Waals surface area contributed by atoms with Crippen LogP contribution in [0.4, 0.5) is 0 Å². The Hall–Kier alpha value is -2.06. The number of ketones is 1. The van der Waals surface area contributed by atoms with Gasteiger partial charge in [-0.3, -0.25) is 4.79 Å². The summed E-state index contributed by atoms with van der Waals surface area (Å²) in [6.07, 6.45) is 0. The van der Waals surface area contributed by atoms with Crippen molar-refractivity contribution in [2.75, 3.05) is 0 Å². The average molecular weight is 320 g/mol. The largest absolute Gasteiger partial charge is 0.369 e. The zero-order valence-electron chi connectivity index (χ0n) is 11.4. The van der Waals surface area contributed by atoms with E-state index >= 15 is 0 Å². The maximum Gasteiger partial charge on any atom is 0.369 e. The van der Waals surface area contributed by atoms with Crippen LogP contribution in [-0.4, -0.2) is 25.6 Å². The van der Waals surface area contributed by atoms with Crippen molar-refractivity contribution < 1.29 is 4.79 Å². The number of aryl methyl sites for hydroxylation is 2. The molecule has 6 nitrogen and oxygen atoms in total. The van der Waals surface area contributed by atoms with Crippen LogP contribution < -0.4 is 5.69 Å². The monoisotopic (exact) mass is 320 g/mol. The maximum absolute atomic E-state index is 12.3. The molecule has 0 aliphatic rings. The Labute approximate surface area is 128 Å². The first kappa shape index (κ1) is 13.9. The van der Waals surface area contributed by atoms with Crippen LogP contribution in [0.5, 0.6) is 0 Å². The van der Waals surface area contributed by atoms with Gasteiger partial charge in [0.05, 0.1) is 0 Å². The van der Waals surface area contributed by atoms with Crippen LogP contribution in [0.3, 0.4) is 0 Å². The molecule has 0 saturated carbocycles. The van der Waals surface area contributed by atoms with Crippen molar-refractivity contribution in [3.8, 4) is 5.00 Å². The molecule has 3 aromatic heterocycles. The summed E-state index contributed by atoms with van der Waals surface area (Å²) in [5, 5.41) is 10.1. The fourth-order valence-corrected chi connectivity index (χ4v) is 3.64. The standard InChI is InChI=1S/C13H12N4O2S2/c1-8-6-10(9(2)21-8)11(18)7-16-13(19)17(15-14-16)12-4-3-5-20-12/h3-6H,7H2,1-2H3. The Morgan fingerprint density at radius 3 is 2.76 bits per heavy atom. The highest BCUT2D eigenvalue weighted by molar-refractivity contribution is 7.12. The zero-order chi connectivity index (χ0) is 15.0. The second kappa shape index (κ2) is 5.38. The van der Waals surface area contributed by atoms with Crippen LogP contribution in [-0.2, 0) is 6.54 Å². The van der Waals surface area contributed by atoms with Crippen molar-refractivity contribution in [2.24, 2.45) is 0 Å². The Morgan fingerprint density at radius 1 is 1.33 bits per heavy atom. The van der Waals surface area contributed by atoms with E-state index in [1.54, 1.807) is 17.4 Å². The van der Waals surface area contributed by atoms with Gasteiger partial charge in [-0.1, -0.05) is 0 Å². The fraction of sp³-hybridized carbons (Fsp3) is 0.231. The van der Waals surface area contributed by atoms with Crippen molar-refractivity contribution in [1.82, 2.24) is 19.8 Å². The molecule has 108 valence electrons. The van der Waals surface area contributed by atoms with Crippen molar-refractivity contribution in [3.05, 3.63) is 49.4 Å². The molecular formula is C13H12N4O2S2. The number of aromatic nitrogens is 4. The van der Waals surface area contributed by atoms with Gasteiger partial charge in [0.15, 0.2) is 5.78 Å². The molecule has 0 N–H and O–H groups in total. The van der Waals surface area contributed by atoms with Gasteiger partial charge in [-0.25, -0.2) is 4.79 Å². The summed E-state index contributed by atoms with van der Waals surface area (Å²) in [5.74, 6) is -0.128. The summed E-state index contributed by atoms with van der Waals surface area (Å²) in [6, 6.07) is 5.45. The highest BCUT2D eigenvalue weighted by atomic mass is 32.1. The van der Waals surface area contributed by atoms with Gasteiger partial charge in [0.25, 0.3) is 0 Å². The Balaban J connectivity index is 1.88. The summed E-state index contributed by atoms with van der Waals surface area (Å²) in [6.45, 7) is 3.76. The molecule has 0 aromatic carbocycles. The molecule has 3 heterocycles. The number of rotatable bonds is 4. The minimum absolute atomic E-state index is 0.0960. The molecule has 3 aromatic rings. The molecule has 0 bridgehead atoms. The first-order chi connectivity index (χ1) is 10.1. The van der Waals surface area contributed by atoms with Gasteiger partial charge in [0, 0.05) is 15.3 Å². The average Bonchev–Trinajstić information content (AvgIpc) is 3.12. The third-order valence-corrected chi connectivity index (χ3v) is 4.80. The van der Waals surface area contributed by atoms with E-state index in [0.29, 0.717) is 10.6 Å². The van der Waals surface area contributed by atoms with Crippen LogP contribution in [0, 0.1) is 13.8 Å². The molecule has 0 aliphatic heterocycles. The fourth-order valence-electron chi connectivity index (χ4n) is 2.03. The molecule has 0 aliphatic carbocycles. The van der Waals surface area contributed by atoms with Gasteiger partial charge in [-0.05, 0) is 47.9 Å². The Morgan fingerprint density at radius 2 is 2.14 bits per heavy atom. The van der Waals surface area contributed by atoms with E-state index in [0.717, 1.165) is 14.4 Å². The Bertz CT molecular complexity index is 842. The van der Waals surface area contributed by atoms with Crippen molar-refractivity contribution >= 4 is 28.5 Å². The first-order valence-corrected chi connectivity index (χ1v) is 7.93. The van der Waals surface area contributed by atoms with Gasteiger partial charge in [0.2, 0.25) is 0 Å². The molecule has 3 rings (SSSR count). The van der Waals surface area contributed by atoms with E-state index < -0.39 is 5.69 Å². The lowest BCUT2D eigenvalue weighted by molar-refractivity contribution is 0.0965. The summed E-state index contributed by atoms with van der Waals surface area (Å²) < 4.78 is 2.29. The number of hydrogen-bond donors (Lipinski definition) is 0. The van der Waals surface area contributed by atoms with E-state index in [2.05, 4.69) is 10.4 Å². The van der Waals surface area contributed by atoms with Gasteiger partial charge in [-0.2, -0.15) is 9.36 Å². The number of carbonyl (C=O) groups excluding carboxylic acids is 1. The van der Waals surface area contributed by atoms with E-state index in [4.69, 9.17) is 0 Å². The second-order valence-electron chi connectivity index (χ2n) is 4.53. The SMILES string of the molecule is Cc1cc(C(=O)Cn2nnn(-c3cccs3)c2=O)c(C)s1. The lowest BCUT2D eigenvalue weighted by atomic mass is 10.1.